The highest BCUT2D eigenvalue weighted by Gasteiger charge is 1.98. The lowest BCUT2D eigenvalue weighted by Gasteiger charge is -2.04. The molecule has 0 bridgehead atoms. The van der Waals surface area contributed by atoms with Crippen LogP contribution in [0, 0.1) is 0 Å². The Morgan fingerprint density at radius 3 is 1.94 bits per heavy atom. The van der Waals surface area contributed by atoms with Gasteiger partial charge < -0.3 is 9.84 Å². The summed E-state index contributed by atoms with van der Waals surface area (Å²) in [5.74, 6) is 0.297. The van der Waals surface area contributed by atoms with E-state index in [1.807, 2.05) is 12.1 Å². The third-order valence-electron chi connectivity index (χ3n) is 2.75. The molecule has 0 fully saturated rings. The van der Waals surface area contributed by atoms with Gasteiger partial charge >= 0.3 is 0 Å². The lowest BCUT2D eigenvalue weighted by atomic mass is 10.0. The van der Waals surface area contributed by atoms with Crippen LogP contribution in [0.4, 0.5) is 0 Å². The first kappa shape index (κ1) is 11.7. The fourth-order valence-corrected chi connectivity index (χ4v) is 1.74. The minimum absolute atomic E-state index is 0.297. The monoisotopic (exact) mass is 228 g/mol. The Bertz CT molecular complexity index is 457. The Balaban J connectivity index is 2.14. The molecule has 2 heteroatoms. The maximum atomic E-state index is 9.23. The molecule has 17 heavy (non-hydrogen) atoms. The summed E-state index contributed by atoms with van der Waals surface area (Å²) in [6.07, 6.45) is 0.937. The van der Waals surface area contributed by atoms with Crippen molar-refractivity contribution in [1.82, 2.24) is 0 Å². The van der Waals surface area contributed by atoms with Gasteiger partial charge in [0.25, 0.3) is 0 Å². The van der Waals surface area contributed by atoms with E-state index < -0.39 is 0 Å². The molecule has 0 aliphatic carbocycles. The number of benzene rings is 2. The zero-order valence-corrected chi connectivity index (χ0v) is 9.89. The quantitative estimate of drug-likeness (QED) is 0.870. The van der Waals surface area contributed by atoms with Crippen LogP contribution in [-0.4, -0.2) is 18.8 Å². The second-order valence-corrected chi connectivity index (χ2v) is 3.99. The van der Waals surface area contributed by atoms with Crippen LogP contribution in [0.15, 0.2) is 48.5 Å². The van der Waals surface area contributed by atoms with Crippen LogP contribution in [0.25, 0.3) is 11.1 Å². The first-order valence-electron chi connectivity index (χ1n) is 5.67. The molecule has 0 aromatic heterocycles. The van der Waals surface area contributed by atoms with E-state index in [0.717, 1.165) is 24.2 Å². The molecule has 0 unspecified atom stereocenters. The third kappa shape index (κ3) is 3.08. The molecule has 0 saturated heterocycles. The summed E-state index contributed by atoms with van der Waals surface area (Å²) < 4.78 is 5.05. The van der Waals surface area contributed by atoms with Gasteiger partial charge in [-0.15, -0.1) is 0 Å². The van der Waals surface area contributed by atoms with E-state index in [1.54, 1.807) is 19.2 Å². The summed E-state index contributed by atoms with van der Waals surface area (Å²) in [7, 11) is 1.71. The molecule has 2 nitrogen and oxygen atoms in total. The molecule has 0 amide bonds. The Morgan fingerprint density at radius 2 is 1.41 bits per heavy atom. The lowest BCUT2D eigenvalue weighted by Crippen LogP contribution is -1.93. The molecule has 0 saturated carbocycles. The van der Waals surface area contributed by atoms with Crippen molar-refractivity contribution < 1.29 is 9.84 Å². The van der Waals surface area contributed by atoms with E-state index in [9.17, 15) is 5.11 Å². The van der Waals surface area contributed by atoms with E-state index in [2.05, 4.69) is 24.3 Å². The van der Waals surface area contributed by atoms with Crippen molar-refractivity contribution in [3.63, 3.8) is 0 Å². The van der Waals surface area contributed by atoms with Crippen molar-refractivity contribution >= 4 is 0 Å². The van der Waals surface area contributed by atoms with Crippen LogP contribution >= 0.6 is 0 Å². The highest BCUT2D eigenvalue weighted by atomic mass is 16.5. The molecule has 0 aliphatic rings. The van der Waals surface area contributed by atoms with Gasteiger partial charge in [-0.3, -0.25) is 0 Å². The number of phenols is 1. The van der Waals surface area contributed by atoms with E-state index >= 15 is 0 Å². The van der Waals surface area contributed by atoms with Crippen molar-refractivity contribution in [3.8, 4) is 16.9 Å². The summed E-state index contributed by atoms with van der Waals surface area (Å²) in [4.78, 5) is 0. The minimum Gasteiger partial charge on any atom is -0.508 e. The maximum Gasteiger partial charge on any atom is 0.115 e. The number of ether oxygens (including phenoxy) is 1. The molecule has 2 aromatic carbocycles. The van der Waals surface area contributed by atoms with Gasteiger partial charge in [-0.25, -0.2) is 0 Å². The Kier molecular flexibility index (Phi) is 3.78. The Labute approximate surface area is 101 Å². The van der Waals surface area contributed by atoms with Gasteiger partial charge in [0.05, 0.1) is 6.61 Å². The maximum absolute atomic E-state index is 9.23. The molecule has 2 aromatic rings. The molecular weight excluding hydrogens is 212 g/mol. The van der Waals surface area contributed by atoms with Gasteiger partial charge in [0.1, 0.15) is 5.75 Å². The molecule has 0 heterocycles. The van der Waals surface area contributed by atoms with E-state index in [-0.39, 0.29) is 0 Å². The SMILES string of the molecule is COCCc1ccc(-c2ccc(O)cc2)cc1. The van der Waals surface area contributed by atoms with Gasteiger partial charge in [0.15, 0.2) is 0 Å². The molecule has 2 rings (SSSR count). The van der Waals surface area contributed by atoms with Crippen LogP contribution in [-0.2, 0) is 11.2 Å². The van der Waals surface area contributed by atoms with Crippen LogP contribution in [0.1, 0.15) is 5.56 Å². The zero-order chi connectivity index (χ0) is 12.1. The highest BCUT2D eigenvalue weighted by molar-refractivity contribution is 5.64. The fourth-order valence-electron chi connectivity index (χ4n) is 1.74. The molecule has 0 spiro atoms. The normalized spacial score (nSPS) is 10.4. The average Bonchev–Trinajstić information content (AvgIpc) is 2.38. The first-order chi connectivity index (χ1) is 8.29. The Hall–Kier alpha value is -1.80. The average molecular weight is 228 g/mol. The number of phenolic OH excluding ortho intramolecular Hbond substituents is 1. The lowest BCUT2D eigenvalue weighted by molar-refractivity contribution is 0.202. The largest absolute Gasteiger partial charge is 0.508 e. The van der Waals surface area contributed by atoms with Gasteiger partial charge in [-0.1, -0.05) is 36.4 Å². The minimum atomic E-state index is 0.297. The summed E-state index contributed by atoms with van der Waals surface area (Å²) in [5, 5.41) is 9.23. The third-order valence-corrected chi connectivity index (χ3v) is 2.75. The standard InChI is InChI=1S/C15H16O2/c1-17-11-10-12-2-4-13(5-3-12)14-6-8-15(16)9-7-14/h2-9,16H,10-11H2,1H3. The predicted octanol–water partition coefficient (Wildman–Crippen LogP) is 3.25. The molecule has 88 valence electrons. The van der Waals surface area contributed by atoms with Gasteiger partial charge in [0.2, 0.25) is 0 Å². The van der Waals surface area contributed by atoms with E-state index in [0.29, 0.717) is 5.75 Å². The number of aromatic hydroxyl groups is 1. The molecule has 0 radical (unpaired) electrons. The number of rotatable bonds is 4. The highest BCUT2D eigenvalue weighted by Crippen LogP contribution is 2.22. The summed E-state index contributed by atoms with van der Waals surface area (Å²) in [6.45, 7) is 0.749. The van der Waals surface area contributed by atoms with Crippen molar-refractivity contribution in [2.75, 3.05) is 13.7 Å². The molecule has 1 N–H and O–H groups in total. The number of hydrogen-bond acceptors (Lipinski definition) is 2. The van der Waals surface area contributed by atoms with Gasteiger partial charge in [-0.05, 0) is 35.2 Å². The smallest absolute Gasteiger partial charge is 0.115 e. The van der Waals surface area contributed by atoms with Crippen LogP contribution in [0.2, 0.25) is 0 Å². The van der Waals surface area contributed by atoms with Crippen LogP contribution < -0.4 is 0 Å². The molecule has 0 aliphatic heterocycles. The Morgan fingerprint density at radius 1 is 0.882 bits per heavy atom. The zero-order valence-electron chi connectivity index (χ0n) is 9.89. The first-order valence-corrected chi connectivity index (χ1v) is 5.67. The van der Waals surface area contributed by atoms with Crippen molar-refractivity contribution in [3.05, 3.63) is 54.1 Å². The van der Waals surface area contributed by atoms with Crippen LogP contribution in [0.5, 0.6) is 5.75 Å². The van der Waals surface area contributed by atoms with Gasteiger partial charge in [-0.2, -0.15) is 0 Å². The van der Waals surface area contributed by atoms with Crippen molar-refractivity contribution in [2.45, 2.75) is 6.42 Å². The number of methoxy groups -OCH3 is 1. The topological polar surface area (TPSA) is 29.5 Å². The molecule has 0 atom stereocenters. The summed E-state index contributed by atoms with van der Waals surface area (Å²) in [5.41, 5.74) is 3.54. The predicted molar refractivity (Wildman–Crippen MR) is 69.1 cm³/mol. The fraction of sp³-hybridized carbons (Fsp3) is 0.200. The van der Waals surface area contributed by atoms with E-state index in [4.69, 9.17) is 4.74 Å². The second kappa shape index (κ2) is 5.51. The summed E-state index contributed by atoms with van der Waals surface area (Å²) >= 11 is 0. The molecular formula is C15H16O2. The summed E-state index contributed by atoms with van der Waals surface area (Å²) in [6, 6.07) is 15.7. The second-order valence-electron chi connectivity index (χ2n) is 3.99. The van der Waals surface area contributed by atoms with Crippen LogP contribution in [0.3, 0.4) is 0 Å². The van der Waals surface area contributed by atoms with E-state index in [1.165, 1.54) is 5.56 Å². The van der Waals surface area contributed by atoms with Crippen molar-refractivity contribution in [2.24, 2.45) is 0 Å². The van der Waals surface area contributed by atoms with Crippen molar-refractivity contribution in [1.29, 1.82) is 0 Å². The van der Waals surface area contributed by atoms with Gasteiger partial charge in [0, 0.05) is 7.11 Å². The number of hydrogen-bond donors (Lipinski definition) is 1.